The molecule has 1 aromatic carbocycles. The van der Waals surface area contributed by atoms with E-state index in [2.05, 4.69) is 5.32 Å². The number of carbonyl (C=O) groups is 2. The first-order valence-corrected chi connectivity index (χ1v) is 5.93. The second-order valence-electron chi connectivity index (χ2n) is 4.39. The SMILES string of the molecule is NC(=O)c1ccccc1NC(=O)CC1CCOC1. The third kappa shape index (κ3) is 3.07. The van der Waals surface area contributed by atoms with E-state index in [1.165, 1.54) is 0 Å². The summed E-state index contributed by atoms with van der Waals surface area (Å²) in [5.74, 6) is -0.389. The van der Waals surface area contributed by atoms with Crippen LogP contribution in [0.25, 0.3) is 0 Å². The van der Waals surface area contributed by atoms with Gasteiger partial charge in [-0.2, -0.15) is 0 Å². The first kappa shape index (κ1) is 12.6. The van der Waals surface area contributed by atoms with Gasteiger partial charge in [0.15, 0.2) is 0 Å². The number of anilines is 1. The van der Waals surface area contributed by atoms with Gasteiger partial charge in [-0.1, -0.05) is 12.1 Å². The van der Waals surface area contributed by atoms with Crippen LogP contribution >= 0.6 is 0 Å². The summed E-state index contributed by atoms with van der Waals surface area (Å²) in [7, 11) is 0. The molecule has 2 rings (SSSR count). The molecule has 3 N–H and O–H groups in total. The number of primary amides is 1. The molecule has 1 aromatic rings. The number of para-hydroxylation sites is 1. The highest BCUT2D eigenvalue weighted by Crippen LogP contribution is 2.19. The highest BCUT2D eigenvalue weighted by atomic mass is 16.5. The van der Waals surface area contributed by atoms with Gasteiger partial charge in [0.25, 0.3) is 5.91 Å². The number of nitrogens with one attached hydrogen (secondary N) is 1. The van der Waals surface area contributed by atoms with E-state index in [0.29, 0.717) is 24.3 Å². The molecule has 5 nitrogen and oxygen atoms in total. The highest BCUT2D eigenvalue weighted by molar-refractivity contribution is 6.02. The first-order chi connectivity index (χ1) is 8.66. The van der Waals surface area contributed by atoms with Gasteiger partial charge < -0.3 is 15.8 Å². The maximum absolute atomic E-state index is 11.8. The lowest BCUT2D eigenvalue weighted by Crippen LogP contribution is -2.20. The molecule has 0 radical (unpaired) electrons. The zero-order chi connectivity index (χ0) is 13.0. The maximum Gasteiger partial charge on any atom is 0.250 e. The Morgan fingerprint density at radius 1 is 1.39 bits per heavy atom. The Hall–Kier alpha value is -1.88. The Balaban J connectivity index is 2.00. The quantitative estimate of drug-likeness (QED) is 0.838. The van der Waals surface area contributed by atoms with Gasteiger partial charge in [-0.25, -0.2) is 0 Å². The second-order valence-corrected chi connectivity index (χ2v) is 4.39. The summed E-state index contributed by atoms with van der Waals surface area (Å²) in [5, 5.41) is 2.72. The number of ether oxygens (including phenoxy) is 1. The first-order valence-electron chi connectivity index (χ1n) is 5.93. The zero-order valence-corrected chi connectivity index (χ0v) is 10.0. The minimum atomic E-state index is -0.546. The van der Waals surface area contributed by atoms with E-state index in [-0.39, 0.29) is 11.8 Å². The molecular formula is C13H16N2O3. The molecule has 0 spiro atoms. The van der Waals surface area contributed by atoms with Crippen LogP contribution in [0.5, 0.6) is 0 Å². The van der Waals surface area contributed by atoms with Crippen LogP contribution in [0.15, 0.2) is 24.3 Å². The van der Waals surface area contributed by atoms with Crippen molar-refractivity contribution in [2.75, 3.05) is 18.5 Å². The van der Waals surface area contributed by atoms with E-state index in [4.69, 9.17) is 10.5 Å². The molecule has 0 aromatic heterocycles. The van der Waals surface area contributed by atoms with Gasteiger partial charge in [0.2, 0.25) is 5.91 Å². The molecule has 0 aliphatic carbocycles. The zero-order valence-electron chi connectivity index (χ0n) is 10.0. The Kier molecular flexibility index (Phi) is 3.94. The van der Waals surface area contributed by atoms with Crippen molar-refractivity contribution in [2.45, 2.75) is 12.8 Å². The predicted octanol–water partition coefficient (Wildman–Crippen LogP) is 1.15. The summed E-state index contributed by atoms with van der Waals surface area (Å²) in [6, 6.07) is 6.72. The standard InChI is InChI=1S/C13H16N2O3/c14-13(17)10-3-1-2-4-11(10)15-12(16)7-9-5-6-18-8-9/h1-4,9H,5-8H2,(H2,14,17)(H,15,16). The lowest BCUT2D eigenvalue weighted by atomic mass is 10.0. The molecule has 0 saturated carbocycles. The summed E-state index contributed by atoms with van der Waals surface area (Å²) in [6.07, 6.45) is 1.32. The van der Waals surface area contributed by atoms with Crippen LogP contribution < -0.4 is 11.1 Å². The molecule has 5 heteroatoms. The number of hydrogen-bond acceptors (Lipinski definition) is 3. The van der Waals surface area contributed by atoms with Crippen molar-refractivity contribution in [3.05, 3.63) is 29.8 Å². The van der Waals surface area contributed by atoms with Gasteiger partial charge in [-0.15, -0.1) is 0 Å². The smallest absolute Gasteiger partial charge is 0.250 e. The van der Waals surface area contributed by atoms with Crippen molar-refractivity contribution in [1.29, 1.82) is 0 Å². The van der Waals surface area contributed by atoms with Gasteiger partial charge in [0.1, 0.15) is 0 Å². The van der Waals surface area contributed by atoms with E-state index < -0.39 is 5.91 Å². The van der Waals surface area contributed by atoms with E-state index in [9.17, 15) is 9.59 Å². The topological polar surface area (TPSA) is 81.4 Å². The fourth-order valence-electron chi connectivity index (χ4n) is 2.01. The molecule has 1 unspecified atom stereocenters. The largest absolute Gasteiger partial charge is 0.381 e. The van der Waals surface area contributed by atoms with Gasteiger partial charge in [0, 0.05) is 19.6 Å². The Morgan fingerprint density at radius 2 is 2.17 bits per heavy atom. The van der Waals surface area contributed by atoms with Crippen LogP contribution in [0.4, 0.5) is 5.69 Å². The molecule has 18 heavy (non-hydrogen) atoms. The number of nitrogens with two attached hydrogens (primary N) is 1. The molecule has 2 amide bonds. The summed E-state index contributed by atoms with van der Waals surface area (Å²) in [6.45, 7) is 1.35. The molecule has 96 valence electrons. The summed E-state index contributed by atoms with van der Waals surface area (Å²) in [4.78, 5) is 23.0. The van der Waals surface area contributed by atoms with Crippen LogP contribution in [0.2, 0.25) is 0 Å². The molecule has 1 aliphatic heterocycles. The summed E-state index contributed by atoms with van der Waals surface area (Å²) >= 11 is 0. The fourth-order valence-corrected chi connectivity index (χ4v) is 2.01. The second kappa shape index (κ2) is 5.64. The number of rotatable bonds is 4. The molecular weight excluding hydrogens is 232 g/mol. The minimum absolute atomic E-state index is 0.112. The fraction of sp³-hybridized carbons (Fsp3) is 0.385. The molecule has 1 atom stereocenters. The van der Waals surface area contributed by atoms with Gasteiger partial charge in [0.05, 0.1) is 11.3 Å². The Morgan fingerprint density at radius 3 is 2.83 bits per heavy atom. The molecule has 1 fully saturated rings. The van der Waals surface area contributed by atoms with E-state index in [1.54, 1.807) is 24.3 Å². The van der Waals surface area contributed by atoms with Gasteiger partial charge >= 0.3 is 0 Å². The number of carbonyl (C=O) groups excluding carboxylic acids is 2. The van der Waals surface area contributed by atoms with Crippen molar-refractivity contribution in [3.63, 3.8) is 0 Å². The molecule has 1 aliphatic rings. The average molecular weight is 248 g/mol. The molecule has 1 heterocycles. The Bertz CT molecular complexity index is 453. The van der Waals surface area contributed by atoms with Gasteiger partial charge in [-0.3, -0.25) is 9.59 Å². The van der Waals surface area contributed by atoms with Gasteiger partial charge in [-0.05, 0) is 24.5 Å². The lowest BCUT2D eigenvalue weighted by Gasteiger charge is -2.10. The number of amides is 2. The average Bonchev–Trinajstić information content (AvgIpc) is 2.82. The Labute approximate surface area is 105 Å². The van der Waals surface area contributed by atoms with Crippen LogP contribution in [-0.4, -0.2) is 25.0 Å². The van der Waals surface area contributed by atoms with Crippen LogP contribution in [-0.2, 0) is 9.53 Å². The summed E-state index contributed by atoms with van der Waals surface area (Å²) in [5.41, 5.74) is 6.04. The van der Waals surface area contributed by atoms with Crippen LogP contribution in [0.3, 0.4) is 0 Å². The molecule has 0 bridgehead atoms. The van der Waals surface area contributed by atoms with Crippen molar-refractivity contribution in [2.24, 2.45) is 11.7 Å². The van der Waals surface area contributed by atoms with Crippen molar-refractivity contribution in [3.8, 4) is 0 Å². The lowest BCUT2D eigenvalue weighted by molar-refractivity contribution is -0.117. The summed E-state index contributed by atoms with van der Waals surface area (Å²) < 4.78 is 5.22. The van der Waals surface area contributed by atoms with Crippen molar-refractivity contribution in [1.82, 2.24) is 0 Å². The van der Waals surface area contributed by atoms with Crippen molar-refractivity contribution < 1.29 is 14.3 Å². The van der Waals surface area contributed by atoms with Crippen molar-refractivity contribution >= 4 is 17.5 Å². The highest BCUT2D eigenvalue weighted by Gasteiger charge is 2.19. The minimum Gasteiger partial charge on any atom is -0.381 e. The van der Waals surface area contributed by atoms with E-state index in [1.807, 2.05) is 0 Å². The van der Waals surface area contributed by atoms with Crippen LogP contribution in [0.1, 0.15) is 23.2 Å². The number of hydrogen-bond donors (Lipinski definition) is 2. The predicted molar refractivity (Wildman–Crippen MR) is 67.1 cm³/mol. The third-order valence-corrected chi connectivity index (χ3v) is 2.96. The maximum atomic E-state index is 11.8. The van der Waals surface area contributed by atoms with E-state index >= 15 is 0 Å². The van der Waals surface area contributed by atoms with Crippen LogP contribution in [0, 0.1) is 5.92 Å². The van der Waals surface area contributed by atoms with E-state index in [0.717, 1.165) is 13.0 Å². The molecule has 1 saturated heterocycles. The number of benzene rings is 1. The monoisotopic (exact) mass is 248 g/mol. The third-order valence-electron chi connectivity index (χ3n) is 2.96. The normalized spacial score (nSPS) is 18.6.